The van der Waals surface area contributed by atoms with Crippen LogP contribution in [0.25, 0.3) is 11.4 Å². The third kappa shape index (κ3) is 4.65. The van der Waals surface area contributed by atoms with E-state index in [9.17, 15) is 4.79 Å². The van der Waals surface area contributed by atoms with Gasteiger partial charge in [-0.15, -0.1) is 10.2 Å². The summed E-state index contributed by atoms with van der Waals surface area (Å²) in [7, 11) is 0. The lowest BCUT2D eigenvalue weighted by Gasteiger charge is -2.35. The molecular weight excluding hydrogens is 382 g/mol. The van der Waals surface area contributed by atoms with Crippen molar-refractivity contribution in [2.24, 2.45) is 0 Å². The van der Waals surface area contributed by atoms with Gasteiger partial charge in [-0.1, -0.05) is 30.3 Å². The monoisotopic (exact) mass is 407 g/mol. The molecule has 1 fully saturated rings. The number of rotatable bonds is 6. The zero-order valence-electron chi connectivity index (χ0n) is 16.1. The van der Waals surface area contributed by atoms with E-state index in [1.807, 2.05) is 40.7 Å². The second kappa shape index (κ2) is 9.08. The molecule has 1 aliphatic rings. The highest BCUT2D eigenvalue weighted by Gasteiger charge is 2.26. The minimum atomic E-state index is -0.189. The largest absolute Gasteiger partial charge is 0.339 e. The molecule has 6 nitrogen and oxygen atoms in total. The summed E-state index contributed by atoms with van der Waals surface area (Å²) in [6.45, 7) is 11.5. The van der Waals surface area contributed by atoms with Crippen LogP contribution in [0.15, 0.2) is 29.4 Å². The molecule has 3 rings (SSSR count). The van der Waals surface area contributed by atoms with Gasteiger partial charge in [0.1, 0.15) is 0 Å². The van der Waals surface area contributed by atoms with Gasteiger partial charge in [0.25, 0.3) is 0 Å². The summed E-state index contributed by atoms with van der Waals surface area (Å²) >= 11 is 7.46. The molecule has 0 bridgehead atoms. The van der Waals surface area contributed by atoms with Gasteiger partial charge in [-0.3, -0.25) is 4.79 Å². The molecular formula is C19H26ClN5OS. The SMILES string of the molecule is CCN1CCN(C(=O)C(C)Sc2nnc(-c3ccc(Cl)cc3)n2CC)CC1. The van der Waals surface area contributed by atoms with Crippen LogP contribution in [0.3, 0.4) is 0 Å². The van der Waals surface area contributed by atoms with Crippen molar-refractivity contribution in [1.82, 2.24) is 24.6 Å². The van der Waals surface area contributed by atoms with Crippen molar-refractivity contribution >= 4 is 29.3 Å². The summed E-state index contributed by atoms with van der Waals surface area (Å²) in [5.41, 5.74) is 0.968. The summed E-state index contributed by atoms with van der Waals surface area (Å²) in [5.74, 6) is 0.974. The van der Waals surface area contributed by atoms with Crippen LogP contribution in [0.5, 0.6) is 0 Å². The number of amides is 1. The second-order valence-corrected chi connectivity index (χ2v) is 8.32. The summed E-state index contributed by atoms with van der Waals surface area (Å²) in [6.07, 6.45) is 0. The fourth-order valence-corrected chi connectivity index (χ4v) is 4.35. The molecule has 0 spiro atoms. The van der Waals surface area contributed by atoms with Crippen LogP contribution in [0, 0.1) is 0 Å². The van der Waals surface area contributed by atoms with E-state index in [4.69, 9.17) is 11.6 Å². The first-order valence-corrected chi connectivity index (χ1v) is 10.7. The number of aromatic nitrogens is 3. The molecule has 0 radical (unpaired) electrons. The third-order valence-corrected chi connectivity index (χ3v) is 6.22. The van der Waals surface area contributed by atoms with Gasteiger partial charge in [-0.05, 0) is 44.7 Å². The van der Waals surface area contributed by atoms with Crippen LogP contribution in [0.4, 0.5) is 0 Å². The maximum atomic E-state index is 12.8. The van der Waals surface area contributed by atoms with E-state index in [1.54, 1.807) is 0 Å². The van der Waals surface area contributed by atoms with Gasteiger partial charge in [-0.2, -0.15) is 0 Å². The van der Waals surface area contributed by atoms with Gasteiger partial charge in [0, 0.05) is 43.3 Å². The van der Waals surface area contributed by atoms with Crippen molar-refractivity contribution in [2.75, 3.05) is 32.7 Å². The van der Waals surface area contributed by atoms with Crippen molar-refractivity contribution < 1.29 is 4.79 Å². The van der Waals surface area contributed by atoms with E-state index in [2.05, 4.69) is 28.9 Å². The zero-order valence-corrected chi connectivity index (χ0v) is 17.6. The standard InChI is InChI=1S/C19H26ClN5OS/c1-4-23-10-12-24(13-11-23)18(26)14(3)27-19-22-21-17(25(19)5-2)15-6-8-16(20)9-7-15/h6-9,14H,4-5,10-13H2,1-3H3. The Morgan fingerprint density at radius 1 is 1.11 bits per heavy atom. The van der Waals surface area contributed by atoms with E-state index in [0.29, 0.717) is 5.02 Å². The molecule has 1 aliphatic heterocycles. The molecule has 27 heavy (non-hydrogen) atoms. The first-order chi connectivity index (χ1) is 13.0. The molecule has 0 saturated carbocycles. The zero-order chi connectivity index (χ0) is 19.4. The molecule has 146 valence electrons. The Bertz CT molecular complexity index is 771. The molecule has 1 atom stereocenters. The number of nitrogens with zero attached hydrogens (tertiary/aromatic N) is 5. The lowest BCUT2D eigenvalue weighted by atomic mass is 10.2. The molecule has 1 aromatic heterocycles. The van der Waals surface area contributed by atoms with Crippen molar-refractivity contribution in [3.05, 3.63) is 29.3 Å². The molecule has 8 heteroatoms. The number of benzene rings is 1. The van der Waals surface area contributed by atoms with E-state index in [0.717, 1.165) is 55.8 Å². The van der Waals surface area contributed by atoms with Crippen molar-refractivity contribution in [3.8, 4) is 11.4 Å². The molecule has 1 aromatic carbocycles. The molecule has 2 aromatic rings. The number of thioether (sulfide) groups is 1. The van der Waals surface area contributed by atoms with Crippen molar-refractivity contribution in [3.63, 3.8) is 0 Å². The molecule has 2 heterocycles. The fraction of sp³-hybridized carbons (Fsp3) is 0.526. The van der Waals surface area contributed by atoms with Crippen LogP contribution in [0.1, 0.15) is 20.8 Å². The highest BCUT2D eigenvalue weighted by Crippen LogP contribution is 2.28. The topological polar surface area (TPSA) is 54.3 Å². The highest BCUT2D eigenvalue weighted by molar-refractivity contribution is 8.00. The van der Waals surface area contributed by atoms with E-state index in [-0.39, 0.29) is 11.2 Å². The maximum absolute atomic E-state index is 12.8. The molecule has 0 aliphatic carbocycles. The van der Waals surface area contributed by atoms with Gasteiger partial charge in [0.15, 0.2) is 11.0 Å². The average Bonchev–Trinajstić information content (AvgIpc) is 3.10. The Hall–Kier alpha value is -1.57. The van der Waals surface area contributed by atoms with Crippen molar-refractivity contribution in [2.45, 2.75) is 37.7 Å². The van der Waals surface area contributed by atoms with E-state index >= 15 is 0 Å². The Morgan fingerprint density at radius 3 is 2.37 bits per heavy atom. The average molecular weight is 408 g/mol. The van der Waals surface area contributed by atoms with Gasteiger partial charge in [-0.25, -0.2) is 0 Å². The smallest absolute Gasteiger partial charge is 0.235 e. The lowest BCUT2D eigenvalue weighted by Crippen LogP contribution is -2.50. The summed E-state index contributed by atoms with van der Waals surface area (Å²) < 4.78 is 2.05. The van der Waals surface area contributed by atoms with Gasteiger partial charge >= 0.3 is 0 Å². The Morgan fingerprint density at radius 2 is 1.78 bits per heavy atom. The fourth-order valence-electron chi connectivity index (χ4n) is 3.22. The van der Waals surface area contributed by atoms with Crippen LogP contribution < -0.4 is 0 Å². The van der Waals surface area contributed by atoms with Crippen LogP contribution >= 0.6 is 23.4 Å². The van der Waals surface area contributed by atoms with Gasteiger partial charge < -0.3 is 14.4 Å². The summed E-state index contributed by atoms with van der Waals surface area (Å²) in [4.78, 5) is 17.2. The Kier molecular flexibility index (Phi) is 6.78. The first-order valence-electron chi connectivity index (χ1n) is 9.40. The Balaban J connectivity index is 1.70. The van der Waals surface area contributed by atoms with Gasteiger partial charge in [0.05, 0.1) is 5.25 Å². The Labute approximate surface area is 169 Å². The number of carbonyl (C=O) groups is 1. The van der Waals surface area contributed by atoms with Crippen molar-refractivity contribution in [1.29, 1.82) is 0 Å². The van der Waals surface area contributed by atoms with E-state index in [1.165, 1.54) is 11.8 Å². The van der Waals surface area contributed by atoms with Crippen LogP contribution in [0.2, 0.25) is 5.02 Å². The maximum Gasteiger partial charge on any atom is 0.235 e. The highest BCUT2D eigenvalue weighted by atomic mass is 35.5. The second-order valence-electron chi connectivity index (χ2n) is 6.58. The number of likely N-dealkylation sites (N-methyl/N-ethyl adjacent to an activating group) is 1. The number of hydrogen-bond donors (Lipinski definition) is 0. The molecule has 1 saturated heterocycles. The van der Waals surface area contributed by atoms with E-state index < -0.39 is 0 Å². The molecule has 1 unspecified atom stereocenters. The number of hydrogen-bond acceptors (Lipinski definition) is 5. The predicted molar refractivity (Wildman–Crippen MR) is 110 cm³/mol. The number of halogens is 1. The summed E-state index contributed by atoms with van der Waals surface area (Å²) in [6, 6.07) is 7.57. The first kappa shape index (κ1) is 20.2. The predicted octanol–water partition coefficient (Wildman–Crippen LogP) is 3.26. The van der Waals surface area contributed by atoms with Crippen LogP contribution in [-0.2, 0) is 11.3 Å². The van der Waals surface area contributed by atoms with Gasteiger partial charge in [0.2, 0.25) is 5.91 Å². The minimum absolute atomic E-state index is 0.175. The summed E-state index contributed by atoms with van der Waals surface area (Å²) in [5, 5.41) is 9.97. The molecule has 1 amide bonds. The lowest BCUT2D eigenvalue weighted by molar-refractivity contribution is -0.132. The normalized spacial score (nSPS) is 16.5. The number of carbonyl (C=O) groups excluding carboxylic acids is 1. The quantitative estimate of drug-likeness (QED) is 0.688. The number of piperazine rings is 1. The minimum Gasteiger partial charge on any atom is -0.339 e. The molecule has 0 N–H and O–H groups in total. The third-order valence-electron chi connectivity index (χ3n) is 4.90. The van der Waals surface area contributed by atoms with Crippen LogP contribution in [-0.4, -0.2) is 68.4 Å².